The molecule has 0 bridgehead atoms. The van der Waals surface area contributed by atoms with Gasteiger partial charge in [-0.3, -0.25) is 0 Å². The van der Waals surface area contributed by atoms with Crippen LogP contribution in [0.25, 0.3) is 11.1 Å². The normalized spacial score (nSPS) is 10.7. The third-order valence-corrected chi connectivity index (χ3v) is 4.31. The summed E-state index contributed by atoms with van der Waals surface area (Å²) >= 11 is 6.40. The zero-order valence-electron chi connectivity index (χ0n) is 15.2. The van der Waals surface area contributed by atoms with E-state index in [0.29, 0.717) is 40.6 Å². The molecular weight excluding hydrogens is 360 g/mol. The summed E-state index contributed by atoms with van der Waals surface area (Å²) in [6.07, 6.45) is 0.954. The van der Waals surface area contributed by atoms with E-state index in [1.807, 2.05) is 0 Å². The number of ether oxygens (including phenoxy) is 3. The lowest BCUT2D eigenvalue weighted by Crippen LogP contribution is -2.15. The number of hydrogen-bond donors (Lipinski definition) is 3. The second-order valence-electron chi connectivity index (χ2n) is 5.53. The molecular formula is C18H23ClN2O5. The number of aromatic amines is 1. The van der Waals surface area contributed by atoms with Crippen molar-refractivity contribution in [3.8, 4) is 28.4 Å². The lowest BCUT2D eigenvalue weighted by Gasteiger charge is -2.16. The van der Waals surface area contributed by atoms with Gasteiger partial charge in [0.25, 0.3) is 0 Å². The largest absolute Gasteiger partial charge is 0.493 e. The number of aromatic carboxylic acids is 1. The maximum Gasteiger partial charge on any atom is 0.353 e. The smallest absolute Gasteiger partial charge is 0.353 e. The van der Waals surface area contributed by atoms with Crippen molar-refractivity contribution in [2.24, 2.45) is 0 Å². The molecule has 0 saturated carbocycles. The lowest BCUT2D eigenvalue weighted by molar-refractivity contribution is 0.0691. The molecule has 0 unspecified atom stereocenters. The van der Waals surface area contributed by atoms with E-state index in [1.54, 1.807) is 12.1 Å². The topological polar surface area (TPSA) is 92.8 Å². The standard InChI is InChI=1S/C18H23ClN2O5/c1-5-8-20-9-11-13(14(19)15(21-11)18(22)23)10-6-7-12(24-2)17(26-4)16(10)25-3/h6-7,20-21H,5,8-9H2,1-4H3,(H,22,23). The number of methoxy groups -OCH3 is 3. The highest BCUT2D eigenvalue weighted by Gasteiger charge is 2.26. The number of rotatable bonds is 9. The van der Waals surface area contributed by atoms with Gasteiger partial charge in [0.15, 0.2) is 11.5 Å². The fraction of sp³-hybridized carbons (Fsp3) is 0.389. The van der Waals surface area contributed by atoms with E-state index in [2.05, 4.69) is 17.2 Å². The molecule has 0 spiro atoms. The predicted octanol–water partition coefficient (Wildman–Crippen LogP) is 3.56. The number of benzene rings is 1. The summed E-state index contributed by atoms with van der Waals surface area (Å²) in [6.45, 7) is 3.28. The van der Waals surface area contributed by atoms with E-state index < -0.39 is 5.97 Å². The number of carbonyl (C=O) groups is 1. The fourth-order valence-electron chi connectivity index (χ4n) is 2.77. The highest BCUT2D eigenvalue weighted by atomic mass is 35.5. The molecule has 0 aliphatic heterocycles. The van der Waals surface area contributed by atoms with Gasteiger partial charge in [0, 0.05) is 23.4 Å². The summed E-state index contributed by atoms with van der Waals surface area (Å²) in [4.78, 5) is 14.4. The van der Waals surface area contributed by atoms with Gasteiger partial charge in [-0.2, -0.15) is 0 Å². The van der Waals surface area contributed by atoms with Gasteiger partial charge in [-0.15, -0.1) is 0 Å². The maximum absolute atomic E-state index is 11.5. The SMILES string of the molecule is CCCNCc1[nH]c(C(=O)O)c(Cl)c1-c1ccc(OC)c(OC)c1OC. The first kappa shape index (κ1) is 19.9. The summed E-state index contributed by atoms with van der Waals surface area (Å²) in [5.74, 6) is 0.205. The molecule has 1 aromatic carbocycles. The van der Waals surface area contributed by atoms with E-state index in [0.717, 1.165) is 13.0 Å². The Morgan fingerprint density at radius 2 is 1.88 bits per heavy atom. The molecule has 0 aliphatic carbocycles. The van der Waals surface area contributed by atoms with Gasteiger partial charge in [0.05, 0.1) is 26.4 Å². The van der Waals surface area contributed by atoms with E-state index in [-0.39, 0.29) is 10.7 Å². The second kappa shape index (κ2) is 8.82. The summed E-state index contributed by atoms with van der Waals surface area (Å²) in [5.41, 5.74) is 1.77. The van der Waals surface area contributed by atoms with Crippen LogP contribution in [0.2, 0.25) is 5.02 Å². The van der Waals surface area contributed by atoms with Crippen LogP contribution in [-0.4, -0.2) is 43.9 Å². The molecule has 0 fully saturated rings. The van der Waals surface area contributed by atoms with E-state index in [4.69, 9.17) is 25.8 Å². The van der Waals surface area contributed by atoms with Gasteiger partial charge in [-0.1, -0.05) is 18.5 Å². The van der Waals surface area contributed by atoms with Crippen LogP contribution in [-0.2, 0) is 6.54 Å². The summed E-state index contributed by atoms with van der Waals surface area (Å²) < 4.78 is 16.2. The van der Waals surface area contributed by atoms with Crippen LogP contribution >= 0.6 is 11.6 Å². The Balaban J connectivity index is 2.68. The summed E-state index contributed by atoms with van der Waals surface area (Å²) in [5, 5.41) is 12.8. The van der Waals surface area contributed by atoms with Crippen molar-refractivity contribution in [1.29, 1.82) is 0 Å². The Kier molecular flexibility index (Phi) is 6.76. The zero-order chi connectivity index (χ0) is 19.3. The monoisotopic (exact) mass is 382 g/mol. The Labute approximate surface area is 157 Å². The minimum Gasteiger partial charge on any atom is -0.493 e. The quantitative estimate of drug-likeness (QED) is 0.574. The summed E-state index contributed by atoms with van der Waals surface area (Å²) in [6, 6.07) is 3.49. The van der Waals surface area contributed by atoms with E-state index >= 15 is 0 Å². The molecule has 2 aromatic rings. The van der Waals surface area contributed by atoms with Crippen molar-refractivity contribution in [3.63, 3.8) is 0 Å². The Morgan fingerprint density at radius 3 is 2.42 bits per heavy atom. The molecule has 7 nitrogen and oxygen atoms in total. The molecule has 0 aliphatic rings. The van der Waals surface area contributed by atoms with Crippen LogP contribution in [0, 0.1) is 0 Å². The molecule has 0 saturated heterocycles. The van der Waals surface area contributed by atoms with Gasteiger partial charge < -0.3 is 29.6 Å². The maximum atomic E-state index is 11.5. The Morgan fingerprint density at radius 1 is 1.19 bits per heavy atom. The third-order valence-electron chi connectivity index (χ3n) is 3.93. The number of halogens is 1. The molecule has 0 atom stereocenters. The average Bonchev–Trinajstić information content (AvgIpc) is 2.96. The number of carboxylic acids is 1. The fourth-order valence-corrected chi connectivity index (χ4v) is 3.12. The molecule has 26 heavy (non-hydrogen) atoms. The van der Waals surface area contributed by atoms with Gasteiger partial charge in [0.1, 0.15) is 5.69 Å². The van der Waals surface area contributed by atoms with Crippen molar-refractivity contribution in [2.75, 3.05) is 27.9 Å². The average molecular weight is 383 g/mol. The van der Waals surface area contributed by atoms with Crippen LogP contribution in [0.3, 0.4) is 0 Å². The Bertz CT molecular complexity index is 788. The van der Waals surface area contributed by atoms with Crippen LogP contribution < -0.4 is 19.5 Å². The van der Waals surface area contributed by atoms with Crippen molar-refractivity contribution in [2.45, 2.75) is 19.9 Å². The van der Waals surface area contributed by atoms with E-state index in [9.17, 15) is 9.90 Å². The van der Waals surface area contributed by atoms with E-state index in [1.165, 1.54) is 21.3 Å². The molecule has 2 rings (SSSR count). The number of nitrogens with one attached hydrogen (secondary N) is 2. The molecule has 1 heterocycles. The molecule has 3 N–H and O–H groups in total. The highest BCUT2D eigenvalue weighted by Crippen LogP contribution is 2.47. The molecule has 1 aromatic heterocycles. The number of aromatic nitrogens is 1. The number of carboxylic acid groups (broad SMARTS) is 1. The molecule has 8 heteroatoms. The van der Waals surface area contributed by atoms with Crippen LogP contribution in [0.1, 0.15) is 29.5 Å². The van der Waals surface area contributed by atoms with Crippen molar-refractivity contribution >= 4 is 17.6 Å². The summed E-state index contributed by atoms with van der Waals surface area (Å²) in [7, 11) is 4.55. The third kappa shape index (κ3) is 3.73. The lowest BCUT2D eigenvalue weighted by atomic mass is 10.0. The Hall–Kier alpha value is -2.38. The van der Waals surface area contributed by atoms with Gasteiger partial charge in [-0.25, -0.2) is 4.79 Å². The van der Waals surface area contributed by atoms with Gasteiger partial charge in [0.2, 0.25) is 5.75 Å². The number of H-pyrrole nitrogens is 1. The molecule has 142 valence electrons. The van der Waals surface area contributed by atoms with Gasteiger partial charge in [-0.05, 0) is 25.1 Å². The first-order valence-electron chi connectivity index (χ1n) is 8.13. The molecule has 0 amide bonds. The zero-order valence-corrected chi connectivity index (χ0v) is 16.0. The molecule has 0 radical (unpaired) electrons. The van der Waals surface area contributed by atoms with Crippen LogP contribution in [0.5, 0.6) is 17.2 Å². The van der Waals surface area contributed by atoms with Crippen molar-refractivity contribution in [1.82, 2.24) is 10.3 Å². The van der Waals surface area contributed by atoms with Crippen LogP contribution in [0.15, 0.2) is 12.1 Å². The first-order chi connectivity index (χ1) is 12.5. The first-order valence-corrected chi connectivity index (χ1v) is 8.51. The highest BCUT2D eigenvalue weighted by molar-refractivity contribution is 6.36. The van der Waals surface area contributed by atoms with Crippen LogP contribution in [0.4, 0.5) is 0 Å². The predicted molar refractivity (Wildman–Crippen MR) is 99.9 cm³/mol. The van der Waals surface area contributed by atoms with Gasteiger partial charge >= 0.3 is 5.97 Å². The van der Waals surface area contributed by atoms with Crippen molar-refractivity contribution < 1.29 is 24.1 Å². The number of hydrogen-bond acceptors (Lipinski definition) is 5. The second-order valence-corrected chi connectivity index (χ2v) is 5.91. The minimum atomic E-state index is -1.13. The minimum absolute atomic E-state index is 0.0631. The van der Waals surface area contributed by atoms with Crippen molar-refractivity contribution in [3.05, 3.63) is 28.5 Å².